The molecule has 1 aliphatic rings. The number of aromatic nitrogens is 2. The standard InChI is InChI=1S/C10H13N3O4S/c1-7-6-18(16,17)5-4-13(7)10-11-3-2-8(12-10)9(14)15/h2-3,7H,4-6H2,1H3,(H,14,15). The average molecular weight is 271 g/mol. The van der Waals surface area contributed by atoms with Crippen LogP contribution in [0.2, 0.25) is 0 Å². The zero-order valence-corrected chi connectivity index (χ0v) is 10.6. The molecule has 1 N–H and O–H groups in total. The highest BCUT2D eigenvalue weighted by Gasteiger charge is 2.29. The molecular weight excluding hydrogens is 258 g/mol. The fourth-order valence-electron chi connectivity index (χ4n) is 1.90. The first-order chi connectivity index (χ1) is 8.39. The SMILES string of the molecule is CC1CS(=O)(=O)CCN1c1nccc(C(=O)O)n1. The number of rotatable bonds is 2. The fraction of sp³-hybridized carbons (Fsp3) is 0.500. The summed E-state index contributed by atoms with van der Waals surface area (Å²) in [6, 6.07) is 1.05. The molecule has 0 amide bonds. The maximum atomic E-state index is 11.5. The highest BCUT2D eigenvalue weighted by molar-refractivity contribution is 7.91. The van der Waals surface area contributed by atoms with Gasteiger partial charge in [-0.25, -0.2) is 23.2 Å². The molecule has 2 heterocycles. The molecule has 8 heteroatoms. The number of carboxylic acids is 1. The maximum Gasteiger partial charge on any atom is 0.354 e. The third-order valence-electron chi connectivity index (χ3n) is 2.79. The van der Waals surface area contributed by atoms with Crippen molar-refractivity contribution in [3.05, 3.63) is 18.0 Å². The van der Waals surface area contributed by atoms with Gasteiger partial charge in [-0.2, -0.15) is 0 Å². The number of sulfone groups is 1. The highest BCUT2D eigenvalue weighted by atomic mass is 32.2. The monoisotopic (exact) mass is 271 g/mol. The van der Waals surface area contributed by atoms with Gasteiger partial charge in [-0.1, -0.05) is 0 Å². The van der Waals surface area contributed by atoms with E-state index < -0.39 is 15.8 Å². The summed E-state index contributed by atoms with van der Waals surface area (Å²) in [6.07, 6.45) is 1.36. The largest absolute Gasteiger partial charge is 0.477 e. The number of hydrogen-bond acceptors (Lipinski definition) is 6. The number of anilines is 1. The van der Waals surface area contributed by atoms with Crippen LogP contribution in [0.25, 0.3) is 0 Å². The molecule has 2 rings (SSSR count). The van der Waals surface area contributed by atoms with E-state index in [0.29, 0.717) is 0 Å². The molecule has 0 bridgehead atoms. The van der Waals surface area contributed by atoms with Crippen LogP contribution in [0.15, 0.2) is 12.3 Å². The van der Waals surface area contributed by atoms with E-state index >= 15 is 0 Å². The minimum atomic E-state index is -3.01. The molecule has 7 nitrogen and oxygen atoms in total. The number of carbonyl (C=O) groups is 1. The Hall–Kier alpha value is -1.70. The van der Waals surface area contributed by atoms with E-state index in [1.807, 2.05) is 0 Å². The Morgan fingerprint density at radius 1 is 1.56 bits per heavy atom. The molecule has 0 saturated carbocycles. The average Bonchev–Trinajstić information content (AvgIpc) is 2.28. The van der Waals surface area contributed by atoms with E-state index in [0.717, 1.165) is 0 Å². The van der Waals surface area contributed by atoms with Gasteiger partial charge in [0.25, 0.3) is 0 Å². The second-order valence-electron chi connectivity index (χ2n) is 4.20. The predicted molar refractivity (Wildman–Crippen MR) is 64.5 cm³/mol. The van der Waals surface area contributed by atoms with E-state index in [1.54, 1.807) is 11.8 Å². The minimum absolute atomic E-state index is 0.0354. The van der Waals surface area contributed by atoms with Gasteiger partial charge >= 0.3 is 5.97 Å². The van der Waals surface area contributed by atoms with Crippen LogP contribution in [-0.2, 0) is 9.84 Å². The Morgan fingerprint density at radius 3 is 2.89 bits per heavy atom. The summed E-state index contributed by atoms with van der Waals surface area (Å²) in [5.41, 5.74) is -0.0966. The van der Waals surface area contributed by atoms with E-state index in [1.165, 1.54) is 12.3 Å². The van der Waals surface area contributed by atoms with Gasteiger partial charge < -0.3 is 10.0 Å². The summed E-state index contributed by atoms with van der Waals surface area (Å²) in [5, 5.41) is 8.85. The van der Waals surface area contributed by atoms with Crippen LogP contribution in [0.3, 0.4) is 0 Å². The number of nitrogens with zero attached hydrogens (tertiary/aromatic N) is 3. The quantitative estimate of drug-likeness (QED) is 0.794. The molecule has 1 atom stereocenters. The van der Waals surface area contributed by atoms with Crippen molar-refractivity contribution in [2.24, 2.45) is 0 Å². The molecule has 1 aromatic heterocycles. The van der Waals surface area contributed by atoms with Gasteiger partial charge in [0.05, 0.1) is 11.5 Å². The van der Waals surface area contributed by atoms with Crippen molar-refractivity contribution >= 4 is 21.8 Å². The molecule has 1 saturated heterocycles. The van der Waals surface area contributed by atoms with Crippen molar-refractivity contribution in [3.63, 3.8) is 0 Å². The highest BCUT2D eigenvalue weighted by Crippen LogP contribution is 2.17. The minimum Gasteiger partial charge on any atom is -0.477 e. The van der Waals surface area contributed by atoms with Crippen LogP contribution in [0.4, 0.5) is 5.95 Å². The molecule has 0 spiro atoms. The van der Waals surface area contributed by atoms with Crippen molar-refractivity contribution in [3.8, 4) is 0 Å². The summed E-state index contributed by atoms with van der Waals surface area (Å²) in [5.74, 6) is -0.792. The van der Waals surface area contributed by atoms with Crippen LogP contribution >= 0.6 is 0 Å². The van der Waals surface area contributed by atoms with Gasteiger partial charge in [-0.05, 0) is 13.0 Å². The lowest BCUT2D eigenvalue weighted by Crippen LogP contribution is -2.47. The molecule has 1 unspecified atom stereocenters. The lowest BCUT2D eigenvalue weighted by molar-refractivity contribution is 0.0690. The third-order valence-corrected chi connectivity index (χ3v) is 4.58. The summed E-state index contributed by atoms with van der Waals surface area (Å²) in [6.45, 7) is 2.04. The smallest absolute Gasteiger partial charge is 0.354 e. The van der Waals surface area contributed by atoms with Gasteiger partial charge in [0.15, 0.2) is 15.5 Å². The third kappa shape index (κ3) is 2.58. The summed E-state index contributed by atoms with van der Waals surface area (Å²) in [7, 11) is -3.01. The summed E-state index contributed by atoms with van der Waals surface area (Å²) < 4.78 is 22.9. The van der Waals surface area contributed by atoms with Gasteiger partial charge in [-0.3, -0.25) is 0 Å². The topological polar surface area (TPSA) is 100 Å². The number of hydrogen-bond donors (Lipinski definition) is 1. The first-order valence-electron chi connectivity index (χ1n) is 5.42. The second-order valence-corrected chi connectivity index (χ2v) is 6.43. The predicted octanol–water partition coefficient (Wildman–Crippen LogP) is -0.202. The zero-order valence-electron chi connectivity index (χ0n) is 9.78. The molecule has 1 aromatic rings. The summed E-state index contributed by atoms with van der Waals surface area (Å²) >= 11 is 0. The molecule has 18 heavy (non-hydrogen) atoms. The number of aromatic carboxylic acids is 1. The van der Waals surface area contributed by atoms with Gasteiger partial charge in [0.2, 0.25) is 5.95 Å². The van der Waals surface area contributed by atoms with Crippen LogP contribution in [0.5, 0.6) is 0 Å². The van der Waals surface area contributed by atoms with E-state index in [2.05, 4.69) is 9.97 Å². The summed E-state index contributed by atoms with van der Waals surface area (Å²) in [4.78, 5) is 20.4. The Morgan fingerprint density at radius 2 is 2.28 bits per heavy atom. The van der Waals surface area contributed by atoms with Gasteiger partial charge in [0.1, 0.15) is 0 Å². The van der Waals surface area contributed by atoms with Crippen molar-refractivity contribution < 1.29 is 18.3 Å². The molecule has 1 fully saturated rings. The molecule has 0 radical (unpaired) electrons. The zero-order chi connectivity index (χ0) is 13.3. The molecule has 1 aliphatic heterocycles. The van der Waals surface area contributed by atoms with Crippen molar-refractivity contribution in [1.82, 2.24) is 9.97 Å². The van der Waals surface area contributed by atoms with Crippen molar-refractivity contribution in [1.29, 1.82) is 0 Å². The molecule has 0 aromatic carbocycles. The van der Waals surface area contributed by atoms with E-state index in [4.69, 9.17) is 5.11 Å². The van der Waals surface area contributed by atoms with Crippen LogP contribution in [0.1, 0.15) is 17.4 Å². The van der Waals surface area contributed by atoms with Crippen molar-refractivity contribution in [2.45, 2.75) is 13.0 Å². The van der Waals surface area contributed by atoms with Crippen LogP contribution in [0, 0.1) is 0 Å². The first kappa shape index (κ1) is 12.7. The molecule has 98 valence electrons. The first-order valence-corrected chi connectivity index (χ1v) is 7.24. The molecular formula is C10H13N3O4S. The van der Waals surface area contributed by atoms with E-state index in [9.17, 15) is 13.2 Å². The molecule has 0 aliphatic carbocycles. The second kappa shape index (κ2) is 4.52. The van der Waals surface area contributed by atoms with Gasteiger partial charge in [0, 0.05) is 18.8 Å². The van der Waals surface area contributed by atoms with Gasteiger partial charge in [-0.15, -0.1) is 0 Å². The Bertz CT molecular complexity index is 572. The lowest BCUT2D eigenvalue weighted by atomic mass is 10.3. The maximum absolute atomic E-state index is 11.5. The Balaban J connectivity index is 2.27. The normalized spacial score (nSPS) is 22.7. The van der Waals surface area contributed by atoms with E-state index in [-0.39, 0.29) is 35.7 Å². The van der Waals surface area contributed by atoms with Crippen molar-refractivity contribution in [2.75, 3.05) is 23.0 Å². The lowest BCUT2D eigenvalue weighted by Gasteiger charge is -2.33. The Labute approximate surface area is 104 Å². The fourth-order valence-corrected chi connectivity index (χ4v) is 3.46. The van der Waals surface area contributed by atoms with Crippen LogP contribution < -0.4 is 4.90 Å². The van der Waals surface area contributed by atoms with Crippen LogP contribution in [-0.4, -0.2) is 53.6 Å². The number of carboxylic acid groups (broad SMARTS) is 1. The Kier molecular flexibility index (Phi) is 3.20.